The van der Waals surface area contributed by atoms with E-state index < -0.39 is 0 Å². The SMILES string of the molecule is Cc1cc(F)ccc1C(=O)c1cc(I)ccc1Br. The second kappa shape index (κ2) is 5.48. The molecule has 2 aromatic carbocycles. The number of ketones is 1. The number of rotatable bonds is 2. The zero-order valence-electron chi connectivity index (χ0n) is 9.51. The van der Waals surface area contributed by atoms with E-state index in [9.17, 15) is 9.18 Å². The van der Waals surface area contributed by atoms with Gasteiger partial charge >= 0.3 is 0 Å². The molecule has 0 aromatic heterocycles. The van der Waals surface area contributed by atoms with Crippen LogP contribution in [0, 0.1) is 16.3 Å². The molecule has 0 unspecified atom stereocenters. The molecule has 1 nitrogen and oxygen atoms in total. The number of aryl methyl sites for hydroxylation is 1. The van der Waals surface area contributed by atoms with Gasteiger partial charge in [0.25, 0.3) is 0 Å². The molecular weight excluding hydrogens is 410 g/mol. The lowest BCUT2D eigenvalue weighted by Crippen LogP contribution is -2.05. The first-order chi connectivity index (χ1) is 8.49. The van der Waals surface area contributed by atoms with Crippen molar-refractivity contribution < 1.29 is 9.18 Å². The van der Waals surface area contributed by atoms with Crippen LogP contribution in [0.3, 0.4) is 0 Å². The molecule has 0 heterocycles. The molecule has 0 fully saturated rings. The number of carbonyl (C=O) groups excluding carboxylic acids is 1. The van der Waals surface area contributed by atoms with Crippen molar-refractivity contribution in [3.05, 3.63) is 66.9 Å². The van der Waals surface area contributed by atoms with Gasteiger partial charge in [0.1, 0.15) is 5.82 Å². The van der Waals surface area contributed by atoms with E-state index in [4.69, 9.17) is 0 Å². The lowest BCUT2D eigenvalue weighted by Gasteiger charge is -2.07. The Morgan fingerprint density at radius 3 is 2.56 bits per heavy atom. The van der Waals surface area contributed by atoms with Crippen LogP contribution in [0.1, 0.15) is 21.5 Å². The molecule has 0 amide bonds. The van der Waals surface area contributed by atoms with Crippen LogP contribution < -0.4 is 0 Å². The molecular formula is C14H9BrFIO. The average Bonchev–Trinajstić information content (AvgIpc) is 2.31. The fraction of sp³-hybridized carbons (Fsp3) is 0.0714. The van der Waals surface area contributed by atoms with Crippen LogP contribution in [-0.2, 0) is 0 Å². The zero-order chi connectivity index (χ0) is 13.3. The summed E-state index contributed by atoms with van der Waals surface area (Å²) in [5.74, 6) is -0.427. The second-order valence-corrected chi connectivity index (χ2v) is 6.01. The third-order valence-corrected chi connectivity index (χ3v) is 3.97. The van der Waals surface area contributed by atoms with E-state index in [1.807, 2.05) is 18.2 Å². The normalized spacial score (nSPS) is 10.4. The Bertz CT molecular complexity index is 625. The molecule has 2 aromatic rings. The van der Waals surface area contributed by atoms with Crippen LogP contribution >= 0.6 is 38.5 Å². The van der Waals surface area contributed by atoms with Crippen LogP contribution in [0.5, 0.6) is 0 Å². The Kier molecular flexibility index (Phi) is 4.17. The third kappa shape index (κ3) is 2.80. The van der Waals surface area contributed by atoms with E-state index in [1.54, 1.807) is 6.92 Å². The monoisotopic (exact) mass is 418 g/mol. The van der Waals surface area contributed by atoms with E-state index in [0.717, 1.165) is 8.04 Å². The third-order valence-electron chi connectivity index (χ3n) is 2.61. The number of halogens is 3. The maximum Gasteiger partial charge on any atom is 0.194 e. The second-order valence-electron chi connectivity index (χ2n) is 3.91. The van der Waals surface area contributed by atoms with E-state index >= 15 is 0 Å². The van der Waals surface area contributed by atoms with Crippen molar-refractivity contribution in [2.75, 3.05) is 0 Å². The van der Waals surface area contributed by atoms with E-state index in [-0.39, 0.29) is 11.6 Å². The molecule has 0 aliphatic heterocycles. The molecule has 0 aliphatic carbocycles. The molecule has 0 bridgehead atoms. The van der Waals surface area contributed by atoms with Crippen LogP contribution in [0.25, 0.3) is 0 Å². The molecule has 18 heavy (non-hydrogen) atoms. The smallest absolute Gasteiger partial charge is 0.194 e. The van der Waals surface area contributed by atoms with E-state index in [0.29, 0.717) is 16.7 Å². The summed E-state index contributed by atoms with van der Waals surface area (Å²) in [6, 6.07) is 9.78. The number of benzene rings is 2. The molecule has 0 atom stereocenters. The topological polar surface area (TPSA) is 17.1 Å². The minimum Gasteiger partial charge on any atom is -0.289 e. The van der Waals surface area contributed by atoms with Crippen LogP contribution in [0.15, 0.2) is 40.9 Å². The lowest BCUT2D eigenvalue weighted by molar-refractivity contribution is 0.103. The molecule has 0 N–H and O–H groups in total. The van der Waals surface area contributed by atoms with Crippen LogP contribution in [-0.4, -0.2) is 5.78 Å². The van der Waals surface area contributed by atoms with Crippen molar-refractivity contribution >= 4 is 44.3 Å². The Morgan fingerprint density at radius 1 is 1.17 bits per heavy atom. The predicted molar refractivity (Wildman–Crippen MR) is 81.4 cm³/mol. The Hall–Kier alpha value is -0.750. The molecule has 2 rings (SSSR count). The molecule has 0 saturated carbocycles. The first-order valence-corrected chi connectivity index (χ1v) is 7.12. The van der Waals surface area contributed by atoms with Gasteiger partial charge in [-0.3, -0.25) is 4.79 Å². The maximum absolute atomic E-state index is 13.0. The van der Waals surface area contributed by atoms with Gasteiger partial charge in [-0.2, -0.15) is 0 Å². The lowest BCUT2D eigenvalue weighted by atomic mass is 9.99. The zero-order valence-corrected chi connectivity index (χ0v) is 13.2. The molecule has 4 heteroatoms. The van der Waals surface area contributed by atoms with Crippen molar-refractivity contribution in [3.8, 4) is 0 Å². The first-order valence-electron chi connectivity index (χ1n) is 5.25. The molecule has 0 aliphatic rings. The molecule has 0 radical (unpaired) electrons. The first kappa shape index (κ1) is 13.7. The highest BCUT2D eigenvalue weighted by molar-refractivity contribution is 14.1. The van der Waals surface area contributed by atoms with Crippen LogP contribution in [0.2, 0.25) is 0 Å². The molecule has 0 spiro atoms. The Balaban J connectivity index is 2.51. The highest BCUT2D eigenvalue weighted by Gasteiger charge is 2.15. The summed E-state index contributed by atoms with van der Waals surface area (Å²) in [5, 5.41) is 0. The summed E-state index contributed by atoms with van der Waals surface area (Å²) in [7, 11) is 0. The van der Waals surface area contributed by atoms with Gasteiger partial charge in [-0.05, 0) is 71.5 Å². The highest BCUT2D eigenvalue weighted by atomic mass is 127. The van der Waals surface area contributed by atoms with Gasteiger partial charge in [-0.1, -0.05) is 15.9 Å². The number of hydrogen-bond acceptors (Lipinski definition) is 1. The maximum atomic E-state index is 13.0. The van der Waals surface area contributed by atoms with E-state index in [2.05, 4.69) is 38.5 Å². The fourth-order valence-corrected chi connectivity index (χ4v) is 2.62. The van der Waals surface area contributed by atoms with E-state index in [1.165, 1.54) is 18.2 Å². The average molecular weight is 419 g/mol. The van der Waals surface area contributed by atoms with Crippen molar-refractivity contribution in [2.45, 2.75) is 6.92 Å². The van der Waals surface area contributed by atoms with Gasteiger partial charge in [-0.25, -0.2) is 4.39 Å². The van der Waals surface area contributed by atoms with Crippen molar-refractivity contribution in [1.82, 2.24) is 0 Å². The summed E-state index contributed by atoms with van der Waals surface area (Å²) >= 11 is 5.52. The van der Waals surface area contributed by atoms with Gasteiger partial charge in [0.15, 0.2) is 5.78 Å². The highest BCUT2D eigenvalue weighted by Crippen LogP contribution is 2.24. The standard InChI is InChI=1S/C14H9BrFIO/c1-8-6-9(16)2-4-11(8)14(18)12-7-10(17)3-5-13(12)15/h2-7H,1H3. The Morgan fingerprint density at radius 2 is 1.89 bits per heavy atom. The fourth-order valence-electron chi connectivity index (χ4n) is 1.70. The molecule has 0 saturated heterocycles. The summed E-state index contributed by atoms with van der Waals surface area (Å²) in [4.78, 5) is 12.4. The Labute approximate surface area is 127 Å². The van der Waals surface area contributed by atoms with Gasteiger partial charge < -0.3 is 0 Å². The summed E-state index contributed by atoms with van der Waals surface area (Å²) < 4.78 is 14.8. The van der Waals surface area contributed by atoms with Gasteiger partial charge in [0.2, 0.25) is 0 Å². The van der Waals surface area contributed by atoms with Crippen molar-refractivity contribution in [2.24, 2.45) is 0 Å². The minimum atomic E-state index is -0.328. The minimum absolute atomic E-state index is 0.0992. The van der Waals surface area contributed by atoms with Crippen LogP contribution in [0.4, 0.5) is 4.39 Å². The summed E-state index contributed by atoms with van der Waals surface area (Å²) in [5.41, 5.74) is 1.77. The molecule has 92 valence electrons. The van der Waals surface area contributed by atoms with Crippen molar-refractivity contribution in [3.63, 3.8) is 0 Å². The largest absolute Gasteiger partial charge is 0.289 e. The number of hydrogen-bond donors (Lipinski definition) is 0. The summed E-state index contributed by atoms with van der Waals surface area (Å²) in [6.45, 7) is 1.73. The quantitative estimate of drug-likeness (QED) is 0.508. The van der Waals surface area contributed by atoms with Gasteiger partial charge in [0.05, 0.1) is 0 Å². The van der Waals surface area contributed by atoms with Gasteiger partial charge in [0, 0.05) is 19.2 Å². The number of carbonyl (C=O) groups is 1. The summed E-state index contributed by atoms with van der Waals surface area (Å²) in [6.07, 6.45) is 0. The van der Waals surface area contributed by atoms with Crippen molar-refractivity contribution in [1.29, 1.82) is 0 Å². The predicted octanol–water partition coefficient (Wildman–Crippen LogP) is 4.73. The van der Waals surface area contributed by atoms with Gasteiger partial charge in [-0.15, -0.1) is 0 Å².